The molecule has 0 fully saturated rings. The average molecular weight is 346 g/mol. The average Bonchev–Trinajstić information content (AvgIpc) is 3.08. The molecular formula is C17H18N2O2S2. The fraction of sp³-hybridized carbons (Fsp3) is 0.294. The van der Waals surface area contributed by atoms with Crippen LogP contribution in [0.1, 0.15) is 44.9 Å². The van der Waals surface area contributed by atoms with Gasteiger partial charge in [-0.25, -0.2) is 0 Å². The molecule has 0 unspecified atom stereocenters. The zero-order chi connectivity index (χ0) is 16.2. The topological polar surface area (TPSA) is 72.2 Å². The maximum absolute atomic E-state index is 12.1. The van der Waals surface area contributed by atoms with Gasteiger partial charge < -0.3 is 11.1 Å². The molecule has 1 aliphatic rings. The SMILES string of the molecule is NC(=O)c1c(NC(=O)/C=C\c2cccs2)sc2c1CCCCC2. The molecule has 0 aliphatic heterocycles. The van der Waals surface area contributed by atoms with Gasteiger partial charge in [0.2, 0.25) is 5.91 Å². The molecule has 120 valence electrons. The Balaban J connectivity index is 1.82. The van der Waals surface area contributed by atoms with Crippen molar-refractivity contribution >= 4 is 45.6 Å². The van der Waals surface area contributed by atoms with Crippen molar-refractivity contribution in [1.82, 2.24) is 0 Å². The molecule has 4 nitrogen and oxygen atoms in total. The highest BCUT2D eigenvalue weighted by atomic mass is 32.1. The zero-order valence-electron chi connectivity index (χ0n) is 12.6. The van der Waals surface area contributed by atoms with Crippen molar-refractivity contribution in [3.8, 4) is 0 Å². The number of carbonyl (C=O) groups excluding carboxylic acids is 2. The van der Waals surface area contributed by atoms with Gasteiger partial charge in [-0.3, -0.25) is 9.59 Å². The fourth-order valence-electron chi connectivity index (χ4n) is 2.79. The Morgan fingerprint density at radius 1 is 1.22 bits per heavy atom. The van der Waals surface area contributed by atoms with Gasteiger partial charge in [-0.2, -0.15) is 0 Å². The maximum atomic E-state index is 12.1. The molecule has 2 amide bonds. The summed E-state index contributed by atoms with van der Waals surface area (Å²) in [7, 11) is 0. The monoisotopic (exact) mass is 346 g/mol. The van der Waals surface area contributed by atoms with Crippen LogP contribution in [0.5, 0.6) is 0 Å². The molecule has 0 saturated carbocycles. The number of aryl methyl sites for hydroxylation is 1. The van der Waals surface area contributed by atoms with Crippen LogP contribution in [0, 0.1) is 0 Å². The molecule has 0 atom stereocenters. The third-order valence-corrected chi connectivity index (χ3v) is 5.89. The number of thiophene rings is 2. The van der Waals surface area contributed by atoms with Crippen molar-refractivity contribution in [1.29, 1.82) is 0 Å². The Hall–Kier alpha value is -1.92. The quantitative estimate of drug-likeness (QED) is 0.652. The lowest BCUT2D eigenvalue weighted by atomic mass is 10.1. The molecule has 0 spiro atoms. The van der Waals surface area contributed by atoms with Crippen LogP contribution in [0.2, 0.25) is 0 Å². The normalized spacial score (nSPS) is 14.4. The molecule has 2 aromatic heterocycles. The lowest BCUT2D eigenvalue weighted by Gasteiger charge is -2.04. The third kappa shape index (κ3) is 3.71. The molecule has 0 bridgehead atoms. The van der Waals surface area contributed by atoms with Crippen LogP contribution in [-0.4, -0.2) is 11.8 Å². The molecule has 2 aromatic rings. The maximum Gasteiger partial charge on any atom is 0.251 e. The van der Waals surface area contributed by atoms with E-state index in [-0.39, 0.29) is 5.91 Å². The molecule has 1 aliphatic carbocycles. The highest BCUT2D eigenvalue weighted by Gasteiger charge is 2.23. The lowest BCUT2D eigenvalue weighted by Crippen LogP contribution is -2.16. The molecule has 2 heterocycles. The van der Waals surface area contributed by atoms with Crippen molar-refractivity contribution in [3.05, 3.63) is 44.5 Å². The van der Waals surface area contributed by atoms with Gasteiger partial charge in [0.1, 0.15) is 5.00 Å². The minimum atomic E-state index is -0.457. The summed E-state index contributed by atoms with van der Waals surface area (Å²) in [5, 5.41) is 5.37. The second kappa shape index (κ2) is 7.10. The van der Waals surface area contributed by atoms with Crippen molar-refractivity contribution < 1.29 is 9.59 Å². The summed E-state index contributed by atoms with van der Waals surface area (Å²) >= 11 is 3.06. The second-order valence-electron chi connectivity index (χ2n) is 5.47. The molecule has 3 rings (SSSR count). The van der Waals surface area contributed by atoms with Crippen molar-refractivity contribution in [2.24, 2.45) is 5.73 Å². The van der Waals surface area contributed by atoms with E-state index in [9.17, 15) is 9.59 Å². The smallest absolute Gasteiger partial charge is 0.251 e. The number of amides is 2. The Morgan fingerprint density at radius 2 is 2.04 bits per heavy atom. The van der Waals surface area contributed by atoms with Crippen LogP contribution in [0.3, 0.4) is 0 Å². The van der Waals surface area contributed by atoms with Crippen LogP contribution in [0.4, 0.5) is 5.00 Å². The summed E-state index contributed by atoms with van der Waals surface area (Å²) in [5.74, 6) is -0.695. The Morgan fingerprint density at radius 3 is 2.78 bits per heavy atom. The van der Waals surface area contributed by atoms with Crippen LogP contribution >= 0.6 is 22.7 Å². The summed E-state index contributed by atoms with van der Waals surface area (Å²) in [6.07, 6.45) is 8.44. The van der Waals surface area contributed by atoms with Gasteiger partial charge >= 0.3 is 0 Å². The second-order valence-corrected chi connectivity index (χ2v) is 7.56. The Kier molecular flexibility index (Phi) is 4.93. The van der Waals surface area contributed by atoms with E-state index in [1.54, 1.807) is 17.4 Å². The minimum absolute atomic E-state index is 0.239. The summed E-state index contributed by atoms with van der Waals surface area (Å²) in [6.45, 7) is 0. The van der Waals surface area contributed by atoms with Gasteiger partial charge in [-0.1, -0.05) is 12.5 Å². The molecule has 0 radical (unpaired) electrons. The molecule has 0 saturated heterocycles. The van der Waals surface area contributed by atoms with E-state index < -0.39 is 5.91 Å². The van der Waals surface area contributed by atoms with E-state index in [4.69, 9.17) is 5.73 Å². The van der Waals surface area contributed by atoms with Gasteiger partial charge in [0.15, 0.2) is 0 Å². The fourth-order valence-corrected chi connectivity index (χ4v) is 4.70. The van der Waals surface area contributed by atoms with E-state index in [0.29, 0.717) is 10.6 Å². The molecule has 0 aromatic carbocycles. The van der Waals surface area contributed by atoms with Gasteiger partial charge in [0.05, 0.1) is 5.56 Å². The van der Waals surface area contributed by atoms with E-state index >= 15 is 0 Å². The lowest BCUT2D eigenvalue weighted by molar-refractivity contribution is -0.111. The van der Waals surface area contributed by atoms with Gasteiger partial charge in [0.25, 0.3) is 5.91 Å². The predicted octanol–water partition coefficient (Wildman–Crippen LogP) is 3.83. The van der Waals surface area contributed by atoms with Crippen molar-refractivity contribution in [2.75, 3.05) is 5.32 Å². The van der Waals surface area contributed by atoms with Crippen LogP contribution < -0.4 is 11.1 Å². The van der Waals surface area contributed by atoms with Gasteiger partial charge in [-0.15, -0.1) is 22.7 Å². The molecule has 6 heteroatoms. The number of carbonyl (C=O) groups is 2. The number of fused-ring (bicyclic) bond motifs is 1. The molecule has 3 N–H and O–H groups in total. The summed E-state index contributed by atoms with van der Waals surface area (Å²) in [5.41, 5.74) is 7.10. The number of primary amides is 1. The van der Waals surface area contributed by atoms with Gasteiger partial charge in [-0.05, 0) is 48.8 Å². The highest BCUT2D eigenvalue weighted by molar-refractivity contribution is 7.17. The third-order valence-electron chi connectivity index (χ3n) is 3.85. The first-order valence-electron chi connectivity index (χ1n) is 7.62. The minimum Gasteiger partial charge on any atom is -0.365 e. The number of nitrogens with one attached hydrogen (secondary N) is 1. The van der Waals surface area contributed by atoms with E-state index in [1.807, 2.05) is 17.5 Å². The van der Waals surface area contributed by atoms with Crippen molar-refractivity contribution in [3.63, 3.8) is 0 Å². The van der Waals surface area contributed by atoms with Crippen LogP contribution in [0.15, 0.2) is 23.6 Å². The number of anilines is 1. The molecule has 23 heavy (non-hydrogen) atoms. The number of nitrogens with two attached hydrogens (primary N) is 1. The number of rotatable bonds is 4. The van der Waals surface area contributed by atoms with E-state index in [2.05, 4.69) is 5.32 Å². The number of hydrogen-bond donors (Lipinski definition) is 2. The largest absolute Gasteiger partial charge is 0.365 e. The first-order chi connectivity index (χ1) is 11.1. The van der Waals surface area contributed by atoms with E-state index in [1.165, 1.54) is 28.7 Å². The van der Waals surface area contributed by atoms with Crippen molar-refractivity contribution in [2.45, 2.75) is 32.1 Å². The summed E-state index contributed by atoms with van der Waals surface area (Å²) in [4.78, 5) is 26.2. The zero-order valence-corrected chi connectivity index (χ0v) is 14.3. The van der Waals surface area contributed by atoms with Crippen LogP contribution in [0.25, 0.3) is 6.08 Å². The van der Waals surface area contributed by atoms with Gasteiger partial charge in [0, 0.05) is 15.8 Å². The standard InChI is InChI=1S/C17H18N2O2S2/c18-16(21)15-12-6-2-1-3-7-13(12)23-17(15)19-14(20)9-8-11-5-4-10-22-11/h4-5,8-10H,1-3,6-7H2,(H2,18,21)(H,19,20)/b9-8-. The Bertz CT molecular complexity index is 745. The van der Waals surface area contributed by atoms with E-state index in [0.717, 1.165) is 36.1 Å². The Labute approximate surface area is 143 Å². The van der Waals surface area contributed by atoms with Crippen LogP contribution in [-0.2, 0) is 17.6 Å². The summed E-state index contributed by atoms with van der Waals surface area (Å²) < 4.78 is 0. The highest BCUT2D eigenvalue weighted by Crippen LogP contribution is 2.37. The number of hydrogen-bond acceptors (Lipinski definition) is 4. The summed E-state index contributed by atoms with van der Waals surface area (Å²) in [6, 6.07) is 3.88. The first-order valence-corrected chi connectivity index (χ1v) is 9.31. The first kappa shape index (κ1) is 16.0. The predicted molar refractivity (Wildman–Crippen MR) is 96.1 cm³/mol. The molecular weight excluding hydrogens is 328 g/mol.